The van der Waals surface area contributed by atoms with Gasteiger partial charge in [0.15, 0.2) is 18.4 Å². The molecule has 0 aromatic carbocycles. The minimum atomic E-state index is -1.33. The smallest absolute Gasteiger partial charge is 0.214 e. The zero-order valence-electron chi connectivity index (χ0n) is 28.9. The first-order valence-electron chi connectivity index (χ1n) is 16.1. The second-order valence-electron chi connectivity index (χ2n) is 15.0. The van der Waals surface area contributed by atoms with Crippen LogP contribution in [0.2, 0.25) is 0 Å². The Morgan fingerprint density at radius 3 is 1.28 bits per heavy atom. The molecule has 0 radical (unpaired) electrons. The van der Waals surface area contributed by atoms with Gasteiger partial charge in [-0.05, 0) is 27.7 Å². The van der Waals surface area contributed by atoms with E-state index in [-0.39, 0.29) is 21.2 Å². The average molecular weight is 672 g/mol. The first kappa shape index (κ1) is 39.8. The van der Waals surface area contributed by atoms with E-state index >= 15 is 0 Å². The number of aliphatic hydroxyl groups excluding tert-OH is 6. The van der Waals surface area contributed by atoms with E-state index in [4.69, 9.17) is 38.9 Å². The van der Waals surface area contributed by atoms with Crippen LogP contribution < -0.4 is 5.73 Å². The number of ether oxygens (including phenoxy) is 7. The summed E-state index contributed by atoms with van der Waals surface area (Å²) in [4.78, 5) is 0. The van der Waals surface area contributed by atoms with Crippen LogP contribution in [0.15, 0.2) is 0 Å². The summed E-state index contributed by atoms with van der Waals surface area (Å²) in [6.45, 7) is 5.66. The Morgan fingerprint density at radius 1 is 0.565 bits per heavy atom. The van der Waals surface area contributed by atoms with Gasteiger partial charge in [0.25, 0.3) is 0 Å². The van der Waals surface area contributed by atoms with E-state index < -0.39 is 112 Å². The lowest BCUT2D eigenvalue weighted by atomic mass is 9.92. The highest BCUT2D eigenvalue weighted by molar-refractivity contribution is 4.98. The van der Waals surface area contributed by atoms with Crippen molar-refractivity contribution >= 4 is 0 Å². The fraction of sp³-hybridized carbons (Fsp3) is 1.00. The molecule has 0 spiro atoms. The summed E-state index contributed by atoms with van der Waals surface area (Å²) in [7, 11) is 11.0. The summed E-state index contributed by atoms with van der Waals surface area (Å²) in [6, 6.07) is -2.60. The van der Waals surface area contributed by atoms with Crippen molar-refractivity contribution in [3.05, 3.63) is 0 Å². The van der Waals surface area contributed by atoms with Crippen molar-refractivity contribution in [2.45, 2.75) is 132 Å². The molecule has 3 fully saturated rings. The fourth-order valence-electron chi connectivity index (χ4n) is 6.58. The van der Waals surface area contributed by atoms with Crippen LogP contribution in [0.5, 0.6) is 0 Å². The van der Waals surface area contributed by atoms with Crippen molar-refractivity contribution in [1.82, 2.24) is 0 Å². The summed E-state index contributed by atoms with van der Waals surface area (Å²) in [5.74, 6) is 0. The maximum absolute atomic E-state index is 11.9. The standard InChI is InChI=1S/C30H61N3O13/c1-14(2)40-26-17(12-35)43-30(20(23(26)38)32(5,6)7)46-27-18(13-36)44-29(21(24(27)39)33(8,9)10)45-25-16(11-34)42-28(41-15(3)4)19(31)22(25)37/h14-30,34-39H,11-13,31H2,1-10H3/q+2/t16?,17?,18?,19?,20?,21?,22-,23-,24-,25-,26-,27-,28-,29+,30+/m1/s1. The number of nitrogens with two attached hydrogens (primary N) is 1. The molecule has 3 rings (SSSR count). The number of quaternary nitrogens is 2. The van der Waals surface area contributed by atoms with E-state index in [1.165, 1.54) is 0 Å². The zero-order valence-corrected chi connectivity index (χ0v) is 28.9. The van der Waals surface area contributed by atoms with Gasteiger partial charge in [-0.1, -0.05) is 0 Å². The lowest BCUT2D eigenvalue weighted by Crippen LogP contribution is -2.73. The molecular formula is C30H61N3O13+2. The average Bonchev–Trinajstić information content (AvgIpc) is 2.93. The summed E-state index contributed by atoms with van der Waals surface area (Å²) < 4.78 is 42.9. The molecule has 0 aromatic heterocycles. The molecule has 3 aliphatic heterocycles. The third-order valence-electron chi connectivity index (χ3n) is 8.75. The monoisotopic (exact) mass is 671 g/mol. The Hall–Kier alpha value is -0.640. The molecule has 46 heavy (non-hydrogen) atoms. The Bertz CT molecular complexity index is 933. The maximum atomic E-state index is 11.9. The molecule has 15 atom stereocenters. The number of likely N-dealkylation sites (N-methyl/N-ethyl adjacent to an activating group) is 2. The van der Waals surface area contributed by atoms with Crippen molar-refractivity contribution < 1.29 is 72.8 Å². The predicted molar refractivity (Wildman–Crippen MR) is 163 cm³/mol. The lowest BCUT2D eigenvalue weighted by molar-refractivity contribution is -0.913. The topological polar surface area (TPSA) is 212 Å². The quantitative estimate of drug-likeness (QED) is 0.0956. The largest absolute Gasteiger partial charge is 0.394 e. The third-order valence-corrected chi connectivity index (χ3v) is 8.75. The Kier molecular flexibility index (Phi) is 13.8. The number of hydrogen-bond acceptors (Lipinski definition) is 14. The summed E-state index contributed by atoms with van der Waals surface area (Å²) >= 11 is 0. The molecule has 3 aliphatic rings. The van der Waals surface area contributed by atoms with Gasteiger partial charge in [0.2, 0.25) is 12.6 Å². The Labute approximate surface area is 272 Å². The van der Waals surface area contributed by atoms with E-state index in [9.17, 15) is 30.6 Å². The minimum Gasteiger partial charge on any atom is -0.394 e. The lowest BCUT2D eigenvalue weighted by Gasteiger charge is -2.53. The number of rotatable bonds is 13. The van der Waals surface area contributed by atoms with Gasteiger partial charge in [0.1, 0.15) is 54.9 Å². The van der Waals surface area contributed by atoms with Crippen LogP contribution in [0.3, 0.4) is 0 Å². The molecule has 0 aromatic rings. The fourth-order valence-corrected chi connectivity index (χ4v) is 6.58. The predicted octanol–water partition coefficient (Wildman–Crippen LogP) is -3.31. The number of nitrogens with zero attached hydrogens (tertiary/aromatic N) is 2. The molecule has 16 nitrogen and oxygen atoms in total. The molecular weight excluding hydrogens is 610 g/mol. The van der Waals surface area contributed by atoms with Gasteiger partial charge in [0.05, 0.1) is 80.4 Å². The van der Waals surface area contributed by atoms with Crippen molar-refractivity contribution in [3.63, 3.8) is 0 Å². The first-order chi connectivity index (χ1) is 21.3. The minimum absolute atomic E-state index is 0.0962. The molecule has 0 aliphatic carbocycles. The van der Waals surface area contributed by atoms with Crippen LogP contribution in [0.4, 0.5) is 0 Å². The zero-order chi connectivity index (χ0) is 34.9. The van der Waals surface area contributed by atoms with Gasteiger partial charge in [0, 0.05) is 0 Å². The number of aliphatic hydroxyl groups is 6. The van der Waals surface area contributed by atoms with Crippen LogP contribution in [-0.2, 0) is 33.2 Å². The van der Waals surface area contributed by atoms with Gasteiger partial charge in [-0.25, -0.2) is 0 Å². The molecule has 0 bridgehead atoms. The Balaban J connectivity index is 1.91. The highest BCUT2D eigenvalue weighted by Gasteiger charge is 2.59. The van der Waals surface area contributed by atoms with Crippen LogP contribution in [0.1, 0.15) is 27.7 Å². The van der Waals surface area contributed by atoms with Crippen molar-refractivity contribution in [3.8, 4) is 0 Å². The molecule has 0 amide bonds. The van der Waals surface area contributed by atoms with E-state index in [1.54, 1.807) is 13.8 Å². The second-order valence-corrected chi connectivity index (χ2v) is 15.0. The van der Waals surface area contributed by atoms with E-state index in [0.717, 1.165) is 0 Å². The van der Waals surface area contributed by atoms with Crippen molar-refractivity contribution in [2.24, 2.45) is 5.73 Å². The van der Waals surface area contributed by atoms with Gasteiger partial charge in [-0.15, -0.1) is 0 Å². The highest BCUT2D eigenvalue weighted by atomic mass is 16.7. The molecule has 6 unspecified atom stereocenters. The van der Waals surface area contributed by atoms with Crippen LogP contribution >= 0.6 is 0 Å². The molecule has 3 saturated heterocycles. The normalized spacial score (nSPS) is 43.0. The Morgan fingerprint density at radius 2 is 0.913 bits per heavy atom. The molecule has 272 valence electrons. The van der Waals surface area contributed by atoms with Crippen LogP contribution in [-0.4, -0.2) is 206 Å². The van der Waals surface area contributed by atoms with Crippen LogP contribution in [0, 0.1) is 0 Å². The molecule has 0 saturated carbocycles. The molecule has 3 heterocycles. The SMILES string of the molecule is CC(C)O[C@@H]1OC(CO)[C@@H](O[C@@H]2OC(CO)[C@@H](O[C@@H]3OC(CO)[C@@H](OC(C)C)[C@H](O)C3[N+](C)(C)C)[C@H](O)C2[N+](C)(C)C)[C@H](O)C1N. The van der Waals surface area contributed by atoms with Gasteiger partial charge in [-0.2, -0.15) is 0 Å². The van der Waals surface area contributed by atoms with Crippen LogP contribution in [0.25, 0.3) is 0 Å². The van der Waals surface area contributed by atoms with E-state index in [0.29, 0.717) is 0 Å². The van der Waals surface area contributed by atoms with Crippen molar-refractivity contribution in [1.29, 1.82) is 0 Å². The van der Waals surface area contributed by atoms with E-state index in [2.05, 4.69) is 0 Å². The highest BCUT2D eigenvalue weighted by Crippen LogP contribution is 2.37. The van der Waals surface area contributed by atoms with E-state index in [1.807, 2.05) is 56.1 Å². The summed E-state index contributed by atoms with van der Waals surface area (Å²) in [6.07, 6.45) is -13.9. The number of hydrogen-bond donors (Lipinski definition) is 7. The second kappa shape index (κ2) is 15.9. The summed E-state index contributed by atoms with van der Waals surface area (Å²) in [5.41, 5.74) is 6.25. The third kappa shape index (κ3) is 8.93. The first-order valence-corrected chi connectivity index (χ1v) is 16.1. The maximum Gasteiger partial charge on any atom is 0.214 e. The van der Waals surface area contributed by atoms with Gasteiger partial charge in [-0.3, -0.25) is 0 Å². The van der Waals surface area contributed by atoms with Gasteiger partial charge < -0.3 is 78.5 Å². The molecule has 8 N–H and O–H groups in total. The molecule has 16 heteroatoms. The van der Waals surface area contributed by atoms with Crippen molar-refractivity contribution in [2.75, 3.05) is 62.1 Å². The van der Waals surface area contributed by atoms with Gasteiger partial charge >= 0.3 is 0 Å². The summed E-state index contributed by atoms with van der Waals surface area (Å²) in [5, 5.41) is 65.4.